The summed E-state index contributed by atoms with van der Waals surface area (Å²) in [5.74, 6) is 0. The zero-order chi connectivity index (χ0) is 13.4. The van der Waals surface area contributed by atoms with Gasteiger partial charge in [0, 0.05) is 0 Å². The average molecular weight is 311 g/mol. The molecule has 0 saturated heterocycles. The molecule has 0 saturated carbocycles. The first kappa shape index (κ1) is 21.9. The quantitative estimate of drug-likeness (QED) is 0.543. The molecule has 0 aromatic rings. The summed E-state index contributed by atoms with van der Waals surface area (Å²) in [6.07, 6.45) is 2.90. The zero-order valence-electron chi connectivity index (χ0n) is 14.2. The van der Waals surface area contributed by atoms with Crippen LogP contribution in [0.15, 0.2) is 0 Å². The van der Waals surface area contributed by atoms with E-state index in [1.807, 2.05) is 0 Å². The van der Waals surface area contributed by atoms with E-state index < -0.39 is 15.2 Å². The van der Waals surface area contributed by atoms with Gasteiger partial charge in [0.05, 0.1) is 0 Å². The standard InChI is InChI=1S/C14H35Si3.Na/c1-7-13-16(9-3,10-4)15-17(11-5,12-6)14-8-2;/h15H,7-14H2,1-6H3;/q-1;+1. The summed E-state index contributed by atoms with van der Waals surface area (Å²) in [5.41, 5.74) is 0. The fourth-order valence-corrected chi connectivity index (χ4v) is 40.8. The first-order valence-corrected chi connectivity index (χ1v) is 16.8. The van der Waals surface area contributed by atoms with E-state index in [2.05, 4.69) is 41.5 Å². The van der Waals surface area contributed by atoms with Crippen LogP contribution < -0.4 is 29.6 Å². The van der Waals surface area contributed by atoms with Crippen LogP contribution in [0.1, 0.15) is 54.4 Å². The third-order valence-electron chi connectivity index (χ3n) is 4.92. The molecule has 0 spiro atoms. The third-order valence-corrected chi connectivity index (χ3v) is 36.1. The predicted molar refractivity (Wildman–Crippen MR) is 90.8 cm³/mol. The molecule has 0 unspecified atom stereocenters. The van der Waals surface area contributed by atoms with Crippen molar-refractivity contribution < 1.29 is 29.6 Å². The van der Waals surface area contributed by atoms with Gasteiger partial charge in [-0.15, -0.1) is 15.2 Å². The maximum atomic E-state index is 2.51. The van der Waals surface area contributed by atoms with Crippen molar-refractivity contribution in [2.45, 2.75) is 90.6 Å². The van der Waals surface area contributed by atoms with Crippen molar-refractivity contribution in [1.29, 1.82) is 0 Å². The van der Waals surface area contributed by atoms with Crippen molar-refractivity contribution in [3.05, 3.63) is 0 Å². The summed E-state index contributed by atoms with van der Waals surface area (Å²) in [6.45, 7) is 14.9. The Morgan fingerprint density at radius 2 is 0.889 bits per heavy atom. The van der Waals surface area contributed by atoms with Gasteiger partial charge in [0.2, 0.25) is 0 Å². The summed E-state index contributed by atoms with van der Waals surface area (Å²) in [6, 6.07) is 9.56. The molecule has 0 amide bonds. The van der Waals surface area contributed by atoms with Crippen LogP contribution in [0.4, 0.5) is 0 Å². The summed E-state index contributed by atoms with van der Waals surface area (Å²) in [7, 11) is -0.762. The average Bonchev–Trinajstić information content (AvgIpc) is 2.37. The first-order valence-electron chi connectivity index (χ1n) is 7.94. The van der Waals surface area contributed by atoms with Gasteiger partial charge in [-0.2, -0.15) is 0 Å². The normalized spacial score (nSPS) is 12.3. The molecule has 0 aromatic carbocycles. The van der Waals surface area contributed by atoms with E-state index in [0.29, 0.717) is 0 Å². The van der Waals surface area contributed by atoms with Gasteiger partial charge in [0.25, 0.3) is 0 Å². The van der Waals surface area contributed by atoms with Gasteiger partial charge in [-0.25, -0.2) is 0 Å². The molecule has 0 aliphatic heterocycles. The maximum Gasteiger partial charge on any atom is 1.00 e. The Balaban J connectivity index is 0. The summed E-state index contributed by atoms with van der Waals surface area (Å²) in [5, 5.41) is 0. The fourth-order valence-electron chi connectivity index (χ4n) is 3.40. The minimum absolute atomic E-state index is 0. The van der Waals surface area contributed by atoms with E-state index in [1.54, 1.807) is 36.3 Å². The van der Waals surface area contributed by atoms with Gasteiger partial charge in [-0.05, 0) is 0 Å². The fraction of sp³-hybridized carbons (Fsp3) is 1.00. The van der Waals surface area contributed by atoms with Gasteiger partial charge < -0.3 is 0 Å². The van der Waals surface area contributed by atoms with Crippen LogP contribution in [0.3, 0.4) is 0 Å². The van der Waals surface area contributed by atoms with E-state index in [0.717, 1.165) is 8.55 Å². The van der Waals surface area contributed by atoms with Crippen molar-refractivity contribution in [1.82, 2.24) is 0 Å². The van der Waals surface area contributed by atoms with Crippen LogP contribution in [0.2, 0.25) is 36.3 Å². The zero-order valence-corrected chi connectivity index (χ0v) is 19.4. The molecule has 0 nitrogen and oxygen atoms in total. The van der Waals surface area contributed by atoms with E-state index in [9.17, 15) is 0 Å². The minimum atomic E-state index is -0.813. The molecular weight excluding hydrogens is 275 g/mol. The van der Waals surface area contributed by atoms with Crippen LogP contribution in [0, 0.1) is 0 Å². The molecule has 0 heterocycles. The van der Waals surface area contributed by atoms with Crippen LogP contribution in [-0.2, 0) is 0 Å². The Kier molecular flexibility index (Phi) is 13.8. The minimum Gasteiger partial charge on any atom is -0.271 e. The second-order valence-electron chi connectivity index (χ2n) is 5.78. The molecule has 18 heavy (non-hydrogen) atoms. The Hall–Kier alpha value is 1.65. The number of rotatable bonds is 10. The Morgan fingerprint density at radius 1 is 0.611 bits per heavy atom. The smallest absolute Gasteiger partial charge is 0.271 e. The molecule has 0 aromatic heterocycles. The summed E-state index contributed by atoms with van der Waals surface area (Å²) >= 11 is 0. The molecular formula is C14H35NaSi3. The Morgan fingerprint density at radius 3 is 1.06 bits per heavy atom. The monoisotopic (exact) mass is 310 g/mol. The topological polar surface area (TPSA) is 0 Å². The van der Waals surface area contributed by atoms with E-state index >= 15 is 0 Å². The van der Waals surface area contributed by atoms with Crippen molar-refractivity contribution in [2.75, 3.05) is 0 Å². The second-order valence-corrected chi connectivity index (χ2v) is 26.2. The number of hydrogen-bond donors (Lipinski definition) is 0. The molecule has 0 atom stereocenters. The van der Waals surface area contributed by atoms with Crippen molar-refractivity contribution in [3.63, 3.8) is 0 Å². The SMILES string of the molecule is CCC[Si](CC)(CC)[SiH-][Si](CC)(CC)CCC.[Na+]. The Bertz CT molecular complexity index is 169. The molecule has 0 rings (SSSR count). The molecule has 0 aliphatic rings. The largest absolute Gasteiger partial charge is 1.00 e. The van der Waals surface area contributed by atoms with Gasteiger partial charge in [-0.3, -0.25) is 8.55 Å². The molecule has 0 fully saturated rings. The van der Waals surface area contributed by atoms with E-state index in [-0.39, 0.29) is 29.6 Å². The molecule has 0 radical (unpaired) electrons. The van der Waals surface area contributed by atoms with Gasteiger partial charge in [0.15, 0.2) is 0 Å². The molecule has 4 heteroatoms. The van der Waals surface area contributed by atoms with Crippen LogP contribution in [0.25, 0.3) is 0 Å². The van der Waals surface area contributed by atoms with Crippen molar-refractivity contribution >= 4 is 23.7 Å². The summed E-state index contributed by atoms with van der Waals surface area (Å²) in [4.78, 5) is 0. The Labute approximate surface area is 143 Å². The summed E-state index contributed by atoms with van der Waals surface area (Å²) < 4.78 is 0. The van der Waals surface area contributed by atoms with Crippen molar-refractivity contribution in [2.24, 2.45) is 0 Å². The van der Waals surface area contributed by atoms with Crippen LogP contribution >= 0.6 is 0 Å². The van der Waals surface area contributed by atoms with Crippen molar-refractivity contribution in [3.8, 4) is 0 Å². The second kappa shape index (κ2) is 11.3. The van der Waals surface area contributed by atoms with Crippen LogP contribution in [-0.4, -0.2) is 23.7 Å². The van der Waals surface area contributed by atoms with E-state index in [4.69, 9.17) is 0 Å². The maximum absolute atomic E-state index is 2.51. The van der Waals surface area contributed by atoms with Gasteiger partial charge >= 0.3 is 29.6 Å². The van der Waals surface area contributed by atoms with Gasteiger partial charge in [0.1, 0.15) is 0 Å². The van der Waals surface area contributed by atoms with Crippen LogP contribution in [0.5, 0.6) is 0 Å². The number of hydrogen-bond acceptors (Lipinski definition) is 0. The third kappa shape index (κ3) is 6.40. The van der Waals surface area contributed by atoms with Gasteiger partial charge in [-0.1, -0.05) is 90.6 Å². The molecule has 0 bridgehead atoms. The predicted octanol–water partition coefficient (Wildman–Crippen LogP) is 2.22. The molecule has 0 aliphatic carbocycles. The molecule has 0 N–H and O–H groups in total. The molecule has 104 valence electrons. The van der Waals surface area contributed by atoms with E-state index in [1.165, 1.54) is 12.8 Å². The first-order chi connectivity index (χ1) is 8.07.